The molecule has 3 heterocycles. The monoisotopic (exact) mass is 446 g/mol. The molecule has 0 saturated carbocycles. The molecule has 2 aromatic heterocycles. The van der Waals surface area contributed by atoms with Gasteiger partial charge in [0.1, 0.15) is 0 Å². The Morgan fingerprint density at radius 1 is 0.900 bits per heavy atom. The van der Waals surface area contributed by atoms with E-state index in [2.05, 4.69) is 73.3 Å². The van der Waals surface area contributed by atoms with E-state index in [1.807, 2.05) is 12.3 Å². The minimum atomic E-state index is 0. The van der Waals surface area contributed by atoms with Crippen LogP contribution in [0.3, 0.4) is 0 Å². The molecule has 0 amide bonds. The number of para-hydroxylation sites is 1. The van der Waals surface area contributed by atoms with E-state index in [9.17, 15) is 0 Å². The van der Waals surface area contributed by atoms with E-state index in [1.165, 1.54) is 10.9 Å². The third-order valence-corrected chi connectivity index (χ3v) is 5.35. The van der Waals surface area contributed by atoms with Gasteiger partial charge in [-0.15, -0.1) is 0 Å². The quantitative estimate of drug-likeness (QED) is 0.411. The Kier molecular flexibility index (Phi) is 9.21. The van der Waals surface area contributed by atoms with Crippen LogP contribution in [-0.2, 0) is 36.7 Å². The molecule has 0 spiro atoms. The third kappa shape index (κ3) is 6.57. The molecule has 0 aliphatic carbocycles. The molecular weight excluding hydrogens is 416 g/mol. The molecule has 0 radical (unpaired) electrons. The molecule has 30 heavy (non-hydrogen) atoms. The predicted molar refractivity (Wildman–Crippen MR) is 118 cm³/mol. The molecule has 3 N–H and O–H groups in total. The Bertz CT molecular complexity index is 886. The molecule has 4 rings (SSSR count). The van der Waals surface area contributed by atoms with Crippen LogP contribution in [0, 0.1) is 0 Å². The van der Waals surface area contributed by atoms with Gasteiger partial charge in [-0.25, -0.2) is 0 Å². The number of rotatable bonds is 5. The van der Waals surface area contributed by atoms with Crippen molar-refractivity contribution in [2.24, 2.45) is 0 Å². The first-order valence-corrected chi connectivity index (χ1v) is 10.5. The van der Waals surface area contributed by atoms with Crippen LogP contribution in [0.25, 0.3) is 10.9 Å². The largest absolute Gasteiger partial charge is 2.00 e. The molecule has 7 heteroatoms. The van der Waals surface area contributed by atoms with Crippen LogP contribution in [0.2, 0.25) is 0 Å². The zero-order valence-corrected chi connectivity index (χ0v) is 18.4. The Labute approximate surface area is 189 Å². The topological polar surface area (TPSA) is 65.1 Å². The molecule has 1 aromatic carbocycles. The number of nitrogens with zero attached hydrogens (tertiary/aromatic N) is 3. The van der Waals surface area contributed by atoms with Gasteiger partial charge in [-0.2, -0.15) is 0 Å². The Balaban J connectivity index is 0.00000256. The summed E-state index contributed by atoms with van der Waals surface area (Å²) >= 11 is 0. The van der Waals surface area contributed by atoms with Gasteiger partial charge in [0.25, 0.3) is 0 Å². The predicted octanol–water partition coefficient (Wildman–Crippen LogP) is 1.91. The SMILES string of the molecule is [Fe+2].c1cc2nc(c1)CNCCN(CCNCc1ccnc3ccccc13)CCNC2. The van der Waals surface area contributed by atoms with Crippen molar-refractivity contribution in [3.63, 3.8) is 0 Å². The molecule has 0 atom stereocenters. The first-order valence-electron chi connectivity index (χ1n) is 10.5. The number of pyridine rings is 2. The molecule has 6 nitrogen and oxygen atoms in total. The molecule has 158 valence electrons. The van der Waals surface area contributed by atoms with Crippen LogP contribution in [0.15, 0.2) is 54.7 Å². The summed E-state index contributed by atoms with van der Waals surface area (Å²) in [4.78, 5) is 11.6. The average molecular weight is 446 g/mol. The van der Waals surface area contributed by atoms with Gasteiger partial charge in [0, 0.05) is 70.5 Å². The fourth-order valence-corrected chi connectivity index (χ4v) is 3.74. The van der Waals surface area contributed by atoms with E-state index in [0.717, 1.165) is 75.8 Å². The van der Waals surface area contributed by atoms with Gasteiger partial charge in [0.2, 0.25) is 0 Å². The zero-order valence-electron chi connectivity index (χ0n) is 17.3. The average Bonchev–Trinajstić information content (AvgIpc) is 2.76. The van der Waals surface area contributed by atoms with Gasteiger partial charge < -0.3 is 16.0 Å². The van der Waals surface area contributed by atoms with Crippen molar-refractivity contribution in [2.75, 3.05) is 39.3 Å². The summed E-state index contributed by atoms with van der Waals surface area (Å²) in [6.45, 7) is 8.56. The van der Waals surface area contributed by atoms with Gasteiger partial charge in [0.15, 0.2) is 0 Å². The van der Waals surface area contributed by atoms with E-state index in [1.54, 1.807) is 0 Å². The fraction of sp³-hybridized carbons (Fsp3) is 0.391. The first-order chi connectivity index (χ1) is 14.4. The first kappa shape index (κ1) is 22.8. The summed E-state index contributed by atoms with van der Waals surface area (Å²) in [6, 6.07) is 16.7. The summed E-state index contributed by atoms with van der Waals surface area (Å²) in [5.41, 5.74) is 4.60. The molecule has 1 aliphatic rings. The summed E-state index contributed by atoms with van der Waals surface area (Å²) < 4.78 is 0. The minimum absolute atomic E-state index is 0. The molecule has 0 fully saturated rings. The number of hydrogen-bond donors (Lipinski definition) is 3. The van der Waals surface area contributed by atoms with Crippen molar-refractivity contribution in [3.8, 4) is 0 Å². The van der Waals surface area contributed by atoms with Gasteiger partial charge >= 0.3 is 17.1 Å². The van der Waals surface area contributed by atoms with E-state index in [-0.39, 0.29) is 17.1 Å². The van der Waals surface area contributed by atoms with Crippen molar-refractivity contribution in [1.29, 1.82) is 0 Å². The molecule has 0 unspecified atom stereocenters. The number of fused-ring (bicyclic) bond motifs is 3. The van der Waals surface area contributed by atoms with Crippen LogP contribution in [-0.4, -0.2) is 54.1 Å². The smallest absolute Gasteiger partial charge is 0.311 e. The molecule has 2 bridgehead atoms. The maximum Gasteiger partial charge on any atom is 2.00 e. The van der Waals surface area contributed by atoms with Crippen molar-refractivity contribution in [1.82, 2.24) is 30.8 Å². The third-order valence-electron chi connectivity index (χ3n) is 5.35. The summed E-state index contributed by atoms with van der Waals surface area (Å²) in [7, 11) is 0. The van der Waals surface area contributed by atoms with Crippen molar-refractivity contribution < 1.29 is 17.1 Å². The van der Waals surface area contributed by atoms with Crippen molar-refractivity contribution in [2.45, 2.75) is 19.6 Å². The van der Waals surface area contributed by atoms with E-state index < -0.39 is 0 Å². The maximum absolute atomic E-state index is 4.68. The second-order valence-electron chi connectivity index (χ2n) is 7.48. The van der Waals surface area contributed by atoms with Crippen molar-refractivity contribution in [3.05, 3.63) is 71.7 Å². The standard InChI is InChI=1S/C23H30N6.Fe/c1-2-7-23-22(6-1)19(8-9-27-23)16-24-10-13-29-14-11-25-17-20-4-3-5-21(28-20)18-26-12-15-29;/h1-9,24-26H,10-18H2;/q;+2. The van der Waals surface area contributed by atoms with Gasteiger partial charge in [-0.1, -0.05) is 24.3 Å². The molecular formula is C23H30FeN6+2. The van der Waals surface area contributed by atoms with E-state index in [0.29, 0.717) is 0 Å². The Morgan fingerprint density at radius 3 is 2.40 bits per heavy atom. The van der Waals surface area contributed by atoms with Crippen LogP contribution >= 0.6 is 0 Å². The van der Waals surface area contributed by atoms with E-state index in [4.69, 9.17) is 0 Å². The second-order valence-corrected chi connectivity index (χ2v) is 7.48. The molecule has 3 aromatic rings. The Hall–Kier alpha value is -1.86. The zero-order chi connectivity index (χ0) is 19.7. The van der Waals surface area contributed by atoms with Crippen molar-refractivity contribution >= 4 is 10.9 Å². The number of nitrogens with one attached hydrogen (secondary N) is 3. The second kappa shape index (κ2) is 12.1. The molecule has 1 aliphatic heterocycles. The number of aromatic nitrogens is 2. The van der Waals surface area contributed by atoms with E-state index >= 15 is 0 Å². The summed E-state index contributed by atoms with van der Waals surface area (Å²) in [5, 5.41) is 11.9. The van der Waals surface area contributed by atoms with Crippen LogP contribution in [0.5, 0.6) is 0 Å². The minimum Gasteiger partial charge on any atom is -0.311 e. The van der Waals surface area contributed by atoms with Gasteiger partial charge in [-0.05, 0) is 29.8 Å². The number of benzene rings is 1. The van der Waals surface area contributed by atoms with Crippen LogP contribution in [0.1, 0.15) is 17.0 Å². The summed E-state index contributed by atoms with van der Waals surface area (Å²) in [5.74, 6) is 0. The number of hydrogen-bond acceptors (Lipinski definition) is 6. The van der Waals surface area contributed by atoms with Gasteiger partial charge in [0.05, 0.1) is 16.9 Å². The maximum atomic E-state index is 4.68. The van der Waals surface area contributed by atoms with Crippen LogP contribution < -0.4 is 16.0 Å². The summed E-state index contributed by atoms with van der Waals surface area (Å²) in [6.07, 6.45) is 1.90. The fourth-order valence-electron chi connectivity index (χ4n) is 3.74. The van der Waals surface area contributed by atoms with Crippen LogP contribution in [0.4, 0.5) is 0 Å². The molecule has 0 saturated heterocycles. The normalized spacial score (nSPS) is 15.7. The Morgan fingerprint density at radius 2 is 1.63 bits per heavy atom. The van der Waals surface area contributed by atoms with Gasteiger partial charge in [-0.3, -0.25) is 14.9 Å².